The molecule has 2 aromatic rings. The van der Waals surface area contributed by atoms with Crippen molar-refractivity contribution < 1.29 is 19.1 Å². The summed E-state index contributed by atoms with van der Waals surface area (Å²) in [6.07, 6.45) is 1.46. The van der Waals surface area contributed by atoms with Gasteiger partial charge in [-0.3, -0.25) is 14.4 Å². The van der Waals surface area contributed by atoms with E-state index in [4.69, 9.17) is 9.47 Å². The van der Waals surface area contributed by atoms with E-state index in [2.05, 4.69) is 31.5 Å². The molecule has 8 nitrogen and oxygen atoms in total. The average Bonchev–Trinajstić information content (AvgIpc) is 2.62. The van der Waals surface area contributed by atoms with Crippen LogP contribution in [0, 0.1) is 0 Å². The molecule has 1 heterocycles. The van der Waals surface area contributed by atoms with Gasteiger partial charge in [-0.25, -0.2) is 0 Å². The van der Waals surface area contributed by atoms with Gasteiger partial charge in [0.1, 0.15) is 5.69 Å². The van der Waals surface area contributed by atoms with Crippen LogP contribution in [0.2, 0.25) is 0 Å². The highest BCUT2D eigenvalue weighted by Crippen LogP contribution is 2.27. The summed E-state index contributed by atoms with van der Waals surface area (Å²) in [4.78, 5) is 38.1. The topological polar surface area (TPSA) is 110 Å². The molecule has 0 saturated carbocycles. The van der Waals surface area contributed by atoms with Crippen LogP contribution in [-0.4, -0.2) is 37.6 Å². The summed E-state index contributed by atoms with van der Waals surface area (Å²) >= 11 is 3.19. The van der Waals surface area contributed by atoms with E-state index in [0.29, 0.717) is 21.5 Å². The Balaban J connectivity index is 1.98. The van der Waals surface area contributed by atoms with E-state index >= 15 is 0 Å². The number of nitrogens with one attached hydrogen (secondary N) is 3. The second kappa shape index (κ2) is 8.34. The molecule has 1 aromatic carbocycles. The molecule has 0 radical (unpaired) electrons. The van der Waals surface area contributed by atoms with Crippen molar-refractivity contribution in [2.45, 2.75) is 0 Å². The Morgan fingerprint density at radius 1 is 1.16 bits per heavy atom. The Morgan fingerprint density at radius 2 is 1.88 bits per heavy atom. The Kier molecular flexibility index (Phi) is 6.18. The lowest BCUT2D eigenvalue weighted by Crippen LogP contribution is -2.34. The summed E-state index contributed by atoms with van der Waals surface area (Å²) in [7, 11) is 2.95. The third kappa shape index (κ3) is 4.83. The molecular weight excluding hydrogens is 394 g/mol. The molecule has 0 fully saturated rings. The zero-order valence-electron chi connectivity index (χ0n) is 13.5. The number of H-pyrrole nitrogens is 1. The molecule has 9 heteroatoms. The number of anilines is 1. The zero-order chi connectivity index (χ0) is 18.4. The van der Waals surface area contributed by atoms with Crippen molar-refractivity contribution in [2.75, 3.05) is 26.1 Å². The van der Waals surface area contributed by atoms with E-state index in [-0.39, 0.29) is 12.2 Å². The number of halogens is 1. The van der Waals surface area contributed by atoms with Crippen LogP contribution < -0.4 is 25.7 Å². The average molecular weight is 410 g/mol. The van der Waals surface area contributed by atoms with Gasteiger partial charge in [0.25, 0.3) is 11.5 Å². The van der Waals surface area contributed by atoms with Crippen molar-refractivity contribution >= 4 is 33.4 Å². The summed E-state index contributed by atoms with van der Waals surface area (Å²) in [5.41, 5.74) is -0.0479. The van der Waals surface area contributed by atoms with Crippen molar-refractivity contribution in [3.63, 3.8) is 0 Å². The number of aromatic nitrogens is 1. The lowest BCUT2D eigenvalue weighted by Gasteiger charge is -2.10. The van der Waals surface area contributed by atoms with Crippen LogP contribution >= 0.6 is 15.9 Å². The van der Waals surface area contributed by atoms with Crippen LogP contribution in [0.15, 0.2) is 39.7 Å². The molecular formula is C16H16BrN3O5. The molecule has 0 atom stereocenters. The van der Waals surface area contributed by atoms with Crippen molar-refractivity contribution in [3.8, 4) is 11.5 Å². The third-order valence-corrected chi connectivity index (χ3v) is 3.66. The van der Waals surface area contributed by atoms with Crippen molar-refractivity contribution in [2.24, 2.45) is 0 Å². The zero-order valence-corrected chi connectivity index (χ0v) is 15.1. The van der Waals surface area contributed by atoms with Crippen LogP contribution in [0.5, 0.6) is 11.5 Å². The van der Waals surface area contributed by atoms with Gasteiger partial charge >= 0.3 is 0 Å². The van der Waals surface area contributed by atoms with Crippen molar-refractivity contribution in [3.05, 3.63) is 50.9 Å². The first kappa shape index (κ1) is 18.5. The third-order valence-electron chi connectivity index (χ3n) is 3.20. The highest BCUT2D eigenvalue weighted by molar-refractivity contribution is 9.10. The normalized spacial score (nSPS) is 10.0. The molecule has 1 aromatic heterocycles. The highest BCUT2D eigenvalue weighted by atomic mass is 79.9. The van der Waals surface area contributed by atoms with Gasteiger partial charge < -0.3 is 25.1 Å². The number of rotatable bonds is 6. The van der Waals surface area contributed by atoms with Gasteiger partial charge in [0.15, 0.2) is 11.5 Å². The second-order valence-corrected chi connectivity index (χ2v) is 5.78. The number of carbonyl (C=O) groups is 2. The highest BCUT2D eigenvalue weighted by Gasteiger charge is 2.12. The smallest absolute Gasteiger partial charge is 0.271 e. The van der Waals surface area contributed by atoms with E-state index < -0.39 is 17.4 Å². The minimum absolute atomic E-state index is 0.0831. The maximum absolute atomic E-state index is 12.1. The number of amides is 2. The predicted molar refractivity (Wildman–Crippen MR) is 95.3 cm³/mol. The SMILES string of the molecule is COc1ccc(C(=O)NCC(=O)Nc2cc(Br)c[nH]c2=O)cc1OC. The lowest BCUT2D eigenvalue weighted by atomic mass is 10.2. The monoisotopic (exact) mass is 409 g/mol. The minimum Gasteiger partial charge on any atom is -0.493 e. The summed E-state index contributed by atoms with van der Waals surface area (Å²) < 4.78 is 10.8. The van der Waals surface area contributed by atoms with E-state index in [9.17, 15) is 14.4 Å². The first-order chi connectivity index (χ1) is 11.9. The van der Waals surface area contributed by atoms with Crippen LogP contribution in [0.25, 0.3) is 0 Å². The number of benzene rings is 1. The van der Waals surface area contributed by atoms with Crippen LogP contribution in [0.4, 0.5) is 5.69 Å². The predicted octanol–water partition coefficient (Wildman–Crippen LogP) is 1.52. The fourth-order valence-electron chi connectivity index (χ4n) is 1.98. The molecule has 0 aliphatic carbocycles. The molecule has 0 unspecified atom stereocenters. The Hall–Kier alpha value is -2.81. The summed E-state index contributed by atoms with van der Waals surface area (Å²) in [6, 6.07) is 6.11. The number of methoxy groups -OCH3 is 2. The van der Waals surface area contributed by atoms with Crippen LogP contribution in [0.3, 0.4) is 0 Å². The molecule has 0 aliphatic heterocycles. The van der Waals surface area contributed by atoms with Gasteiger partial charge in [0, 0.05) is 16.2 Å². The molecule has 25 heavy (non-hydrogen) atoms. The van der Waals surface area contributed by atoms with Gasteiger partial charge in [0.2, 0.25) is 5.91 Å². The largest absolute Gasteiger partial charge is 0.493 e. The summed E-state index contributed by atoms with van der Waals surface area (Å²) in [5.74, 6) is -0.0948. The summed E-state index contributed by atoms with van der Waals surface area (Å²) in [5, 5.41) is 4.90. The van der Waals surface area contributed by atoms with E-state index in [1.165, 1.54) is 32.5 Å². The molecule has 0 aliphatic rings. The minimum atomic E-state index is -0.530. The van der Waals surface area contributed by atoms with Gasteiger partial charge in [-0.2, -0.15) is 0 Å². The maximum Gasteiger partial charge on any atom is 0.271 e. The number of hydrogen-bond acceptors (Lipinski definition) is 5. The Bertz CT molecular complexity index is 850. The van der Waals surface area contributed by atoms with E-state index in [1.807, 2.05) is 0 Å². The molecule has 132 valence electrons. The molecule has 0 bridgehead atoms. The number of ether oxygens (including phenoxy) is 2. The number of aromatic amines is 1. The molecule has 2 rings (SSSR count). The molecule has 0 saturated heterocycles. The number of pyridine rings is 1. The Morgan fingerprint density at radius 3 is 2.56 bits per heavy atom. The standard InChI is InChI=1S/C16H16BrN3O5/c1-24-12-4-3-9(5-13(12)25-2)15(22)19-8-14(21)20-11-6-10(17)7-18-16(11)23/h3-7H,8H2,1-2H3,(H,18,23)(H,19,22)(H,20,21). The van der Waals surface area contributed by atoms with E-state index in [0.717, 1.165) is 0 Å². The molecule has 2 amide bonds. The first-order valence-electron chi connectivity index (χ1n) is 7.13. The number of hydrogen-bond donors (Lipinski definition) is 3. The van der Waals surface area contributed by atoms with Crippen molar-refractivity contribution in [1.82, 2.24) is 10.3 Å². The second-order valence-electron chi connectivity index (χ2n) is 4.86. The lowest BCUT2D eigenvalue weighted by molar-refractivity contribution is -0.115. The fourth-order valence-corrected chi connectivity index (χ4v) is 2.33. The first-order valence-corrected chi connectivity index (χ1v) is 7.92. The number of carbonyl (C=O) groups excluding carboxylic acids is 2. The quantitative estimate of drug-likeness (QED) is 0.669. The van der Waals surface area contributed by atoms with Gasteiger partial charge in [-0.15, -0.1) is 0 Å². The van der Waals surface area contributed by atoms with Crippen molar-refractivity contribution in [1.29, 1.82) is 0 Å². The Labute approximate surface area is 151 Å². The van der Waals surface area contributed by atoms with Gasteiger partial charge in [0.05, 0.1) is 20.8 Å². The molecule has 3 N–H and O–H groups in total. The summed E-state index contributed by atoms with van der Waals surface area (Å²) in [6.45, 7) is -0.293. The fraction of sp³-hybridized carbons (Fsp3) is 0.188. The van der Waals surface area contributed by atoms with Crippen LogP contribution in [-0.2, 0) is 4.79 Å². The maximum atomic E-state index is 12.1. The van der Waals surface area contributed by atoms with Crippen LogP contribution in [0.1, 0.15) is 10.4 Å². The van der Waals surface area contributed by atoms with Gasteiger partial charge in [-0.05, 0) is 40.2 Å². The van der Waals surface area contributed by atoms with E-state index in [1.54, 1.807) is 12.1 Å². The molecule has 0 spiro atoms. The van der Waals surface area contributed by atoms with Gasteiger partial charge in [-0.1, -0.05) is 0 Å².